The van der Waals surface area contributed by atoms with Gasteiger partial charge in [0, 0.05) is 16.5 Å². The summed E-state index contributed by atoms with van der Waals surface area (Å²) in [6.45, 7) is 4.74. The van der Waals surface area contributed by atoms with Gasteiger partial charge in [0.1, 0.15) is 5.75 Å². The molecule has 1 aromatic heterocycles. The molecule has 1 amide bonds. The Balaban J connectivity index is 1.39. The van der Waals surface area contributed by atoms with Gasteiger partial charge in [-0.3, -0.25) is 10.1 Å². The molecule has 5 nitrogen and oxygen atoms in total. The van der Waals surface area contributed by atoms with Crippen molar-refractivity contribution in [2.75, 3.05) is 11.9 Å². The van der Waals surface area contributed by atoms with E-state index in [-0.39, 0.29) is 11.0 Å². The van der Waals surface area contributed by atoms with Crippen LogP contribution in [0.4, 0.5) is 5.13 Å². The van der Waals surface area contributed by atoms with Gasteiger partial charge in [0.2, 0.25) is 0 Å². The van der Waals surface area contributed by atoms with Crippen LogP contribution in [-0.2, 0) is 0 Å². The number of anilines is 1. The van der Waals surface area contributed by atoms with E-state index in [1.807, 2.05) is 23.6 Å². The summed E-state index contributed by atoms with van der Waals surface area (Å²) < 4.78 is 5.69. The molecular formula is C25H23N3O2S2. The van der Waals surface area contributed by atoms with Gasteiger partial charge in [-0.25, -0.2) is 4.98 Å². The topological polar surface area (TPSA) is 63.2 Å². The molecule has 0 atom stereocenters. The van der Waals surface area contributed by atoms with Gasteiger partial charge < -0.3 is 10.1 Å². The van der Waals surface area contributed by atoms with E-state index in [2.05, 4.69) is 59.8 Å². The van der Waals surface area contributed by atoms with Crippen LogP contribution in [-0.4, -0.2) is 22.6 Å². The first-order valence-corrected chi connectivity index (χ1v) is 11.6. The lowest BCUT2D eigenvalue weighted by Crippen LogP contribution is -2.34. The highest BCUT2D eigenvalue weighted by Gasteiger charge is 2.11. The van der Waals surface area contributed by atoms with Crippen molar-refractivity contribution in [1.29, 1.82) is 0 Å². The predicted molar refractivity (Wildman–Crippen MR) is 136 cm³/mol. The third-order valence-electron chi connectivity index (χ3n) is 4.68. The third kappa shape index (κ3) is 5.49. The molecule has 162 valence electrons. The molecule has 0 unspecified atom stereocenters. The van der Waals surface area contributed by atoms with Crippen molar-refractivity contribution in [2.24, 2.45) is 5.92 Å². The normalized spacial score (nSPS) is 10.8. The lowest BCUT2D eigenvalue weighted by molar-refractivity contribution is 0.0977. The lowest BCUT2D eigenvalue weighted by Gasteiger charge is -2.11. The summed E-state index contributed by atoms with van der Waals surface area (Å²) >= 11 is 6.74. The zero-order valence-electron chi connectivity index (χ0n) is 17.8. The van der Waals surface area contributed by atoms with Gasteiger partial charge in [-0.1, -0.05) is 56.3 Å². The number of rotatable bonds is 6. The molecule has 0 aliphatic rings. The van der Waals surface area contributed by atoms with Gasteiger partial charge in [0.05, 0.1) is 12.3 Å². The number of fused-ring (bicyclic) bond motifs is 1. The summed E-state index contributed by atoms with van der Waals surface area (Å²) in [5.41, 5.74) is 2.36. The fraction of sp³-hybridized carbons (Fsp3) is 0.160. The van der Waals surface area contributed by atoms with E-state index in [4.69, 9.17) is 17.0 Å². The minimum atomic E-state index is -0.302. The Kier molecular flexibility index (Phi) is 6.78. The van der Waals surface area contributed by atoms with E-state index in [1.165, 1.54) is 16.7 Å². The molecule has 4 aromatic rings. The number of thiazole rings is 1. The first-order valence-electron chi connectivity index (χ1n) is 10.3. The molecule has 4 rings (SSSR count). The monoisotopic (exact) mass is 461 g/mol. The predicted octanol–water partition coefficient (Wildman–Crippen LogP) is 6.12. The van der Waals surface area contributed by atoms with Crippen LogP contribution in [0.5, 0.6) is 5.75 Å². The number of hydrogen-bond donors (Lipinski definition) is 2. The number of nitrogens with one attached hydrogen (secondary N) is 2. The van der Waals surface area contributed by atoms with Gasteiger partial charge in [0.15, 0.2) is 10.2 Å². The highest BCUT2D eigenvalue weighted by Crippen LogP contribution is 2.27. The molecule has 2 N–H and O–H groups in total. The van der Waals surface area contributed by atoms with E-state index in [0.29, 0.717) is 29.0 Å². The SMILES string of the molecule is CC(C)COc1cccc(C(=O)NC(=S)Nc2nc(-c3ccc4ccccc4c3)cs2)c1. The number of aromatic nitrogens is 1. The second-order valence-electron chi connectivity index (χ2n) is 7.74. The van der Waals surface area contributed by atoms with Crippen molar-refractivity contribution < 1.29 is 9.53 Å². The number of hydrogen-bond acceptors (Lipinski definition) is 5. The van der Waals surface area contributed by atoms with Crippen LogP contribution in [0, 0.1) is 5.92 Å². The Morgan fingerprint density at radius 2 is 1.88 bits per heavy atom. The smallest absolute Gasteiger partial charge is 0.257 e. The highest BCUT2D eigenvalue weighted by molar-refractivity contribution is 7.80. The maximum Gasteiger partial charge on any atom is 0.257 e. The van der Waals surface area contributed by atoms with Crippen LogP contribution in [0.15, 0.2) is 72.1 Å². The van der Waals surface area contributed by atoms with E-state index < -0.39 is 0 Å². The zero-order chi connectivity index (χ0) is 22.5. The average molecular weight is 462 g/mol. The second kappa shape index (κ2) is 9.89. The molecule has 0 radical (unpaired) electrons. The summed E-state index contributed by atoms with van der Waals surface area (Å²) in [7, 11) is 0. The Hall–Kier alpha value is -3.29. The first kappa shape index (κ1) is 21.9. The molecule has 32 heavy (non-hydrogen) atoms. The Morgan fingerprint density at radius 3 is 2.69 bits per heavy atom. The number of carbonyl (C=O) groups is 1. The van der Waals surface area contributed by atoms with Crippen LogP contribution in [0.3, 0.4) is 0 Å². The fourth-order valence-corrected chi connectivity index (χ4v) is 4.08. The molecule has 0 bridgehead atoms. The fourth-order valence-electron chi connectivity index (χ4n) is 3.11. The Morgan fingerprint density at radius 1 is 1.06 bits per heavy atom. The van der Waals surface area contributed by atoms with Crippen molar-refractivity contribution >= 4 is 50.5 Å². The first-order chi connectivity index (χ1) is 15.5. The molecule has 0 aliphatic carbocycles. The molecule has 0 spiro atoms. The molecular weight excluding hydrogens is 438 g/mol. The van der Waals surface area contributed by atoms with E-state index >= 15 is 0 Å². The van der Waals surface area contributed by atoms with Crippen molar-refractivity contribution in [3.63, 3.8) is 0 Å². The van der Waals surface area contributed by atoms with Crippen molar-refractivity contribution in [2.45, 2.75) is 13.8 Å². The largest absolute Gasteiger partial charge is 0.493 e. The van der Waals surface area contributed by atoms with Crippen LogP contribution >= 0.6 is 23.6 Å². The molecule has 7 heteroatoms. The summed E-state index contributed by atoms with van der Waals surface area (Å²) in [5, 5.41) is 10.8. The molecule has 0 fully saturated rings. The van der Waals surface area contributed by atoms with Crippen molar-refractivity contribution in [3.05, 3.63) is 77.7 Å². The van der Waals surface area contributed by atoms with Gasteiger partial charge in [-0.2, -0.15) is 0 Å². The second-order valence-corrected chi connectivity index (χ2v) is 9.01. The standard InChI is InChI=1S/C25H23N3O2S2/c1-16(2)14-30-21-9-5-8-20(13-21)23(29)27-24(31)28-25-26-22(15-32-25)19-11-10-17-6-3-4-7-18(17)12-19/h3-13,15-16H,14H2,1-2H3,(H2,26,27,28,29,31). The number of carbonyl (C=O) groups excluding carboxylic acids is 1. The average Bonchev–Trinajstić information content (AvgIpc) is 3.25. The minimum absolute atomic E-state index is 0.197. The van der Waals surface area contributed by atoms with Crippen LogP contribution in [0.25, 0.3) is 22.0 Å². The number of thiocarbonyl (C=S) groups is 1. The molecule has 0 aliphatic heterocycles. The van der Waals surface area contributed by atoms with Gasteiger partial charge >= 0.3 is 0 Å². The molecule has 0 saturated carbocycles. The van der Waals surface area contributed by atoms with Gasteiger partial charge in [-0.15, -0.1) is 11.3 Å². The van der Waals surface area contributed by atoms with Crippen molar-refractivity contribution in [3.8, 4) is 17.0 Å². The zero-order valence-corrected chi connectivity index (χ0v) is 19.4. The minimum Gasteiger partial charge on any atom is -0.493 e. The summed E-state index contributed by atoms with van der Waals surface area (Å²) in [4.78, 5) is 17.2. The summed E-state index contributed by atoms with van der Waals surface area (Å²) in [6, 6.07) is 21.5. The molecule has 0 saturated heterocycles. The van der Waals surface area contributed by atoms with Crippen LogP contribution < -0.4 is 15.4 Å². The van der Waals surface area contributed by atoms with Crippen molar-refractivity contribution in [1.82, 2.24) is 10.3 Å². The lowest BCUT2D eigenvalue weighted by atomic mass is 10.1. The number of ether oxygens (including phenoxy) is 1. The van der Waals surface area contributed by atoms with Crippen LogP contribution in [0.1, 0.15) is 24.2 Å². The quantitative estimate of drug-likeness (QED) is 0.339. The number of amides is 1. The molecule has 3 aromatic carbocycles. The highest BCUT2D eigenvalue weighted by atomic mass is 32.1. The van der Waals surface area contributed by atoms with E-state index in [1.54, 1.807) is 18.2 Å². The maximum atomic E-state index is 12.6. The van der Waals surface area contributed by atoms with Gasteiger partial charge in [-0.05, 0) is 53.2 Å². The Labute approximate surface area is 196 Å². The third-order valence-corrected chi connectivity index (χ3v) is 5.64. The van der Waals surface area contributed by atoms with E-state index in [9.17, 15) is 4.79 Å². The summed E-state index contributed by atoms with van der Waals surface area (Å²) in [6.07, 6.45) is 0. The van der Waals surface area contributed by atoms with E-state index in [0.717, 1.165) is 16.6 Å². The number of benzene rings is 3. The van der Waals surface area contributed by atoms with Gasteiger partial charge in [0.25, 0.3) is 5.91 Å². The maximum absolute atomic E-state index is 12.6. The molecule has 1 heterocycles. The van der Waals surface area contributed by atoms with Crippen LogP contribution in [0.2, 0.25) is 0 Å². The number of nitrogens with zero attached hydrogens (tertiary/aromatic N) is 1. The summed E-state index contributed by atoms with van der Waals surface area (Å²) in [5.74, 6) is 0.760. The Bertz CT molecular complexity index is 1270.